The van der Waals surface area contributed by atoms with Gasteiger partial charge in [0.25, 0.3) is 5.56 Å². The zero-order valence-electron chi connectivity index (χ0n) is 29.2. The Hall–Kier alpha value is -5.24. The number of amides is 1. The predicted octanol–water partition coefficient (Wildman–Crippen LogP) is 7.59. The molecule has 0 fully saturated rings. The van der Waals surface area contributed by atoms with Gasteiger partial charge in [0.15, 0.2) is 11.5 Å². The molecule has 1 amide bonds. The number of pyridine rings is 1. The van der Waals surface area contributed by atoms with Gasteiger partial charge in [-0.2, -0.15) is 13.2 Å². The zero-order chi connectivity index (χ0) is 38.0. The van der Waals surface area contributed by atoms with E-state index in [0.29, 0.717) is 57.2 Å². The Labute approximate surface area is 302 Å². The number of rotatable bonds is 11. The van der Waals surface area contributed by atoms with E-state index < -0.39 is 47.1 Å². The molecule has 0 saturated carbocycles. The molecule has 5 aromatic rings. The number of aliphatic carboxylic acids is 1. The van der Waals surface area contributed by atoms with Crippen molar-refractivity contribution < 1.29 is 32.6 Å². The molecule has 274 valence electrons. The van der Waals surface area contributed by atoms with Crippen LogP contribution in [0.1, 0.15) is 63.3 Å². The second-order valence-electron chi connectivity index (χ2n) is 13.5. The van der Waals surface area contributed by atoms with Crippen molar-refractivity contribution in [1.82, 2.24) is 29.7 Å². The molecule has 5 rings (SSSR count). The minimum absolute atomic E-state index is 0.0959. The molecule has 0 bridgehead atoms. The summed E-state index contributed by atoms with van der Waals surface area (Å²) in [6.07, 6.45) is -4.54. The number of hydrogen-bond acceptors (Lipinski definition) is 7. The van der Waals surface area contributed by atoms with E-state index in [9.17, 15) is 32.7 Å². The molecule has 0 aliphatic heterocycles. The summed E-state index contributed by atoms with van der Waals surface area (Å²) in [6.45, 7) is 8.00. The van der Waals surface area contributed by atoms with Crippen molar-refractivity contribution in [3.8, 4) is 22.3 Å². The predicted molar refractivity (Wildman–Crippen MR) is 189 cm³/mol. The highest BCUT2D eigenvalue weighted by Gasteiger charge is 2.33. The summed E-state index contributed by atoms with van der Waals surface area (Å²) in [5.74, 6) is -1.39. The summed E-state index contributed by atoms with van der Waals surface area (Å²) in [5.41, 5.74) is 0.473. The van der Waals surface area contributed by atoms with Crippen molar-refractivity contribution in [1.29, 1.82) is 0 Å². The van der Waals surface area contributed by atoms with E-state index in [1.807, 2.05) is 6.07 Å². The Bertz CT molecular complexity index is 2140. The maximum absolute atomic E-state index is 14.7. The van der Waals surface area contributed by atoms with Crippen LogP contribution in [0.25, 0.3) is 27.9 Å². The average molecular weight is 739 g/mol. The topological polar surface area (TPSA) is 141 Å². The lowest BCUT2D eigenvalue weighted by molar-refractivity contribution is -0.141. The minimum Gasteiger partial charge on any atom is -0.480 e. The van der Waals surface area contributed by atoms with Gasteiger partial charge in [-0.3, -0.25) is 4.79 Å². The van der Waals surface area contributed by atoms with Crippen LogP contribution in [-0.4, -0.2) is 53.2 Å². The van der Waals surface area contributed by atoms with Gasteiger partial charge in [-0.05, 0) is 81.3 Å². The maximum atomic E-state index is 14.7. The molecular formula is C37H38ClF3N6O5. The number of nitrogens with zero attached hydrogens (tertiary/aromatic N) is 5. The Morgan fingerprint density at radius 1 is 0.962 bits per heavy atom. The lowest BCUT2D eigenvalue weighted by atomic mass is 9.95. The van der Waals surface area contributed by atoms with Crippen molar-refractivity contribution in [2.45, 2.75) is 78.2 Å². The number of hydrogen-bond donors (Lipinski definition) is 2. The Kier molecular flexibility index (Phi) is 11.1. The van der Waals surface area contributed by atoms with E-state index >= 15 is 0 Å². The van der Waals surface area contributed by atoms with Crippen LogP contribution in [0.4, 0.5) is 18.0 Å². The van der Waals surface area contributed by atoms with Gasteiger partial charge in [0.05, 0.1) is 12.1 Å². The van der Waals surface area contributed by atoms with Crippen LogP contribution in [0.5, 0.6) is 0 Å². The maximum Gasteiger partial charge on any atom is 0.433 e. The number of carboxylic acid groups (broad SMARTS) is 1. The second-order valence-corrected chi connectivity index (χ2v) is 13.9. The molecule has 52 heavy (non-hydrogen) atoms. The van der Waals surface area contributed by atoms with Crippen LogP contribution in [0.15, 0.2) is 71.5 Å². The molecule has 2 aromatic carbocycles. The molecule has 2 atom stereocenters. The van der Waals surface area contributed by atoms with Gasteiger partial charge < -0.3 is 15.2 Å². The third kappa shape index (κ3) is 8.61. The summed E-state index contributed by atoms with van der Waals surface area (Å²) >= 11 is 6.22. The molecule has 11 nitrogen and oxygen atoms in total. The number of halogens is 4. The summed E-state index contributed by atoms with van der Waals surface area (Å²) in [4.78, 5) is 43.0. The summed E-state index contributed by atoms with van der Waals surface area (Å²) in [6, 6.07) is 16.8. The fourth-order valence-electron chi connectivity index (χ4n) is 5.93. The number of aromatic nitrogens is 5. The first-order valence-electron chi connectivity index (χ1n) is 16.5. The van der Waals surface area contributed by atoms with Gasteiger partial charge in [-0.1, -0.05) is 67.1 Å². The van der Waals surface area contributed by atoms with E-state index in [-0.39, 0.29) is 18.7 Å². The quantitative estimate of drug-likeness (QED) is 0.141. The third-order valence-electron chi connectivity index (χ3n) is 8.44. The molecule has 2 N–H and O–H groups in total. The minimum atomic E-state index is -4.64. The van der Waals surface area contributed by atoms with Crippen molar-refractivity contribution in [2.24, 2.45) is 5.92 Å². The lowest BCUT2D eigenvalue weighted by Gasteiger charge is -2.25. The molecule has 0 radical (unpaired) electrons. The SMILES string of the molecule is Cc1nc(C(F)(F)F)ccc1Cn1c(=O)c(-c2ccccc2)c(-c2ccc(Cl)cc2)c2nnc(CCCC(C)C(NC(=O)OC(C)(C)C)C(=O)O)n21. The van der Waals surface area contributed by atoms with Crippen LogP contribution in [0.3, 0.4) is 0 Å². The van der Waals surface area contributed by atoms with E-state index in [1.54, 1.807) is 80.7 Å². The van der Waals surface area contributed by atoms with Crippen molar-refractivity contribution in [3.05, 3.63) is 105 Å². The van der Waals surface area contributed by atoms with Crippen LogP contribution in [-0.2, 0) is 28.7 Å². The molecule has 2 unspecified atom stereocenters. The van der Waals surface area contributed by atoms with E-state index in [2.05, 4.69) is 20.5 Å². The van der Waals surface area contributed by atoms with Crippen LogP contribution in [0.2, 0.25) is 5.02 Å². The molecule has 0 aliphatic carbocycles. The fraction of sp³-hybridized carbons (Fsp3) is 0.351. The Morgan fingerprint density at radius 2 is 1.62 bits per heavy atom. The van der Waals surface area contributed by atoms with Crippen LogP contribution < -0.4 is 10.9 Å². The highest BCUT2D eigenvalue weighted by atomic mass is 35.5. The third-order valence-corrected chi connectivity index (χ3v) is 8.69. The number of alkyl halides is 3. The number of alkyl carbamates (subject to hydrolysis) is 1. The fourth-order valence-corrected chi connectivity index (χ4v) is 6.05. The molecule has 3 heterocycles. The number of ether oxygens (including phenoxy) is 1. The van der Waals surface area contributed by atoms with E-state index in [0.717, 1.165) is 6.07 Å². The number of fused-ring (bicyclic) bond motifs is 1. The molecule has 0 spiro atoms. The number of nitrogens with one attached hydrogen (secondary N) is 1. The van der Waals surface area contributed by atoms with Crippen molar-refractivity contribution in [3.63, 3.8) is 0 Å². The number of carboxylic acids is 1. The normalized spacial score (nSPS) is 13.2. The van der Waals surface area contributed by atoms with Crippen LogP contribution in [0, 0.1) is 12.8 Å². The first-order valence-corrected chi connectivity index (χ1v) is 16.9. The molecule has 0 aliphatic rings. The Morgan fingerprint density at radius 3 is 2.21 bits per heavy atom. The first-order chi connectivity index (χ1) is 24.4. The molecular weight excluding hydrogens is 701 g/mol. The smallest absolute Gasteiger partial charge is 0.433 e. The van der Waals surface area contributed by atoms with Crippen molar-refractivity contribution in [2.75, 3.05) is 0 Å². The lowest BCUT2D eigenvalue weighted by Crippen LogP contribution is -2.47. The number of carbonyl (C=O) groups is 2. The Balaban J connectivity index is 1.60. The van der Waals surface area contributed by atoms with E-state index in [4.69, 9.17) is 16.3 Å². The van der Waals surface area contributed by atoms with Crippen molar-refractivity contribution >= 4 is 29.3 Å². The number of carbonyl (C=O) groups excluding carboxylic acids is 1. The van der Waals surface area contributed by atoms with Crippen LogP contribution >= 0.6 is 11.6 Å². The standard InChI is InChI=1S/C37H38ClF3N6O5/c1-21(31(34(49)50)43-35(51)52-36(3,4)5)10-9-13-28-44-45-32-29(24-14-17-26(38)18-15-24)30(23-11-7-6-8-12-23)33(48)46(47(28)32)20-25-16-19-27(37(39,40)41)42-22(25)2/h6-8,11-12,14-19,21,31H,9-10,13,20H2,1-5H3,(H,43,51)(H,49,50). The van der Waals surface area contributed by atoms with Gasteiger partial charge in [0.2, 0.25) is 0 Å². The molecule has 0 saturated heterocycles. The highest BCUT2D eigenvalue weighted by Crippen LogP contribution is 2.34. The van der Waals surface area contributed by atoms with Gasteiger partial charge >= 0.3 is 18.2 Å². The number of aryl methyl sites for hydroxylation is 2. The van der Waals surface area contributed by atoms with Gasteiger partial charge in [0.1, 0.15) is 17.3 Å². The monoisotopic (exact) mass is 738 g/mol. The second kappa shape index (κ2) is 15.2. The van der Waals surface area contributed by atoms with Gasteiger partial charge in [-0.25, -0.2) is 23.8 Å². The number of benzene rings is 2. The summed E-state index contributed by atoms with van der Waals surface area (Å²) in [7, 11) is 0. The summed E-state index contributed by atoms with van der Waals surface area (Å²) in [5, 5.41) is 21.8. The van der Waals surface area contributed by atoms with Gasteiger partial charge in [-0.15, -0.1) is 10.2 Å². The largest absolute Gasteiger partial charge is 0.480 e. The highest BCUT2D eigenvalue weighted by molar-refractivity contribution is 6.30. The van der Waals surface area contributed by atoms with Gasteiger partial charge in [0, 0.05) is 22.7 Å². The summed E-state index contributed by atoms with van der Waals surface area (Å²) < 4.78 is 48.6. The first kappa shape index (κ1) is 38.0. The van der Waals surface area contributed by atoms with E-state index in [1.165, 1.54) is 17.7 Å². The average Bonchev–Trinajstić information content (AvgIpc) is 3.48. The zero-order valence-corrected chi connectivity index (χ0v) is 29.9. The molecule has 3 aromatic heterocycles. The molecule has 15 heteroatoms.